The van der Waals surface area contributed by atoms with Crippen LogP contribution in [-0.4, -0.2) is 13.2 Å². The number of hydrogen-bond donors (Lipinski definition) is 1. The van der Waals surface area contributed by atoms with Gasteiger partial charge in [-0.3, -0.25) is 0 Å². The number of nitrogens with two attached hydrogens (primary N) is 1. The largest absolute Gasteiger partial charge is 0.493 e. The monoisotopic (exact) mass is 235 g/mol. The highest BCUT2D eigenvalue weighted by Gasteiger charge is 2.05. The first-order valence-electron chi connectivity index (χ1n) is 5.90. The van der Waals surface area contributed by atoms with Gasteiger partial charge in [-0.25, -0.2) is 0 Å². The molecule has 0 spiro atoms. The van der Waals surface area contributed by atoms with Crippen molar-refractivity contribution in [1.82, 2.24) is 0 Å². The zero-order valence-electron chi connectivity index (χ0n) is 10.7. The molecule has 0 fully saturated rings. The molecule has 0 aromatic heterocycles. The predicted octanol–water partition coefficient (Wildman–Crippen LogP) is 2.89. The topological polar surface area (TPSA) is 44.5 Å². The Morgan fingerprint density at radius 1 is 1.35 bits per heavy atom. The Labute approximate surface area is 103 Å². The lowest BCUT2D eigenvalue weighted by Gasteiger charge is -2.12. The molecular formula is C14H21NO2. The SMILES string of the molecule is C=C(C)COc1cc(OCCC)ccc1CN. The van der Waals surface area contributed by atoms with E-state index in [1.807, 2.05) is 25.1 Å². The first-order chi connectivity index (χ1) is 8.17. The number of benzene rings is 1. The quantitative estimate of drug-likeness (QED) is 0.739. The van der Waals surface area contributed by atoms with Crippen LogP contribution in [0.2, 0.25) is 0 Å². The molecule has 0 aliphatic rings. The van der Waals surface area contributed by atoms with Crippen molar-refractivity contribution in [2.75, 3.05) is 13.2 Å². The maximum atomic E-state index is 5.66. The lowest BCUT2D eigenvalue weighted by molar-refractivity contribution is 0.310. The normalized spacial score (nSPS) is 10.1. The molecule has 0 heterocycles. The third kappa shape index (κ3) is 4.49. The van der Waals surface area contributed by atoms with E-state index in [0.29, 0.717) is 19.8 Å². The van der Waals surface area contributed by atoms with E-state index in [1.165, 1.54) is 0 Å². The van der Waals surface area contributed by atoms with Gasteiger partial charge >= 0.3 is 0 Å². The Hall–Kier alpha value is -1.48. The van der Waals surface area contributed by atoms with Crippen molar-refractivity contribution in [3.63, 3.8) is 0 Å². The maximum absolute atomic E-state index is 5.66. The molecule has 0 atom stereocenters. The van der Waals surface area contributed by atoms with Gasteiger partial charge < -0.3 is 15.2 Å². The Morgan fingerprint density at radius 3 is 2.71 bits per heavy atom. The van der Waals surface area contributed by atoms with Crippen LogP contribution in [0.4, 0.5) is 0 Å². The van der Waals surface area contributed by atoms with Gasteiger partial charge in [0.25, 0.3) is 0 Å². The van der Waals surface area contributed by atoms with E-state index in [9.17, 15) is 0 Å². The zero-order chi connectivity index (χ0) is 12.7. The molecule has 0 aliphatic heterocycles. The van der Waals surface area contributed by atoms with Gasteiger partial charge in [-0.15, -0.1) is 0 Å². The minimum Gasteiger partial charge on any atom is -0.493 e. The van der Waals surface area contributed by atoms with E-state index < -0.39 is 0 Å². The van der Waals surface area contributed by atoms with Gasteiger partial charge in [-0.05, 0) is 25.0 Å². The first kappa shape index (κ1) is 13.6. The summed E-state index contributed by atoms with van der Waals surface area (Å²) in [6, 6.07) is 5.75. The van der Waals surface area contributed by atoms with Crippen molar-refractivity contribution in [3.05, 3.63) is 35.9 Å². The molecule has 1 rings (SSSR count). The van der Waals surface area contributed by atoms with Crippen molar-refractivity contribution in [3.8, 4) is 11.5 Å². The van der Waals surface area contributed by atoms with Crippen molar-refractivity contribution < 1.29 is 9.47 Å². The summed E-state index contributed by atoms with van der Waals surface area (Å²) in [5.41, 5.74) is 7.63. The molecule has 3 heteroatoms. The molecule has 0 saturated carbocycles. The molecule has 1 aromatic rings. The summed E-state index contributed by atoms with van der Waals surface area (Å²) in [5, 5.41) is 0. The molecule has 94 valence electrons. The van der Waals surface area contributed by atoms with E-state index in [0.717, 1.165) is 29.1 Å². The summed E-state index contributed by atoms with van der Waals surface area (Å²) in [6.45, 7) is 9.49. The van der Waals surface area contributed by atoms with E-state index in [1.54, 1.807) is 0 Å². The standard InChI is InChI=1S/C14H21NO2/c1-4-7-16-13-6-5-12(9-15)14(8-13)17-10-11(2)3/h5-6,8H,2,4,7,9-10,15H2,1,3H3. The average molecular weight is 235 g/mol. The van der Waals surface area contributed by atoms with E-state index in [2.05, 4.69) is 13.5 Å². The number of hydrogen-bond acceptors (Lipinski definition) is 3. The van der Waals surface area contributed by atoms with E-state index >= 15 is 0 Å². The Kier molecular flexibility index (Phi) is 5.57. The highest BCUT2D eigenvalue weighted by molar-refractivity contribution is 5.40. The van der Waals surface area contributed by atoms with Crippen molar-refractivity contribution in [1.29, 1.82) is 0 Å². The predicted molar refractivity (Wildman–Crippen MR) is 70.4 cm³/mol. The third-order valence-electron chi connectivity index (χ3n) is 2.21. The highest BCUT2D eigenvalue weighted by atomic mass is 16.5. The fraction of sp³-hybridized carbons (Fsp3) is 0.429. The molecule has 1 aromatic carbocycles. The Morgan fingerprint density at radius 2 is 2.12 bits per heavy atom. The third-order valence-corrected chi connectivity index (χ3v) is 2.21. The summed E-state index contributed by atoms with van der Waals surface area (Å²) in [4.78, 5) is 0. The fourth-order valence-corrected chi connectivity index (χ4v) is 1.35. The van der Waals surface area contributed by atoms with Crippen molar-refractivity contribution in [2.45, 2.75) is 26.8 Å². The molecule has 2 N–H and O–H groups in total. The van der Waals surface area contributed by atoms with Crippen molar-refractivity contribution >= 4 is 0 Å². The van der Waals surface area contributed by atoms with Crippen LogP contribution in [0.25, 0.3) is 0 Å². The van der Waals surface area contributed by atoms with Crippen LogP contribution in [0.5, 0.6) is 11.5 Å². The average Bonchev–Trinajstić information content (AvgIpc) is 2.33. The molecule has 17 heavy (non-hydrogen) atoms. The van der Waals surface area contributed by atoms with Crippen LogP contribution in [0.1, 0.15) is 25.8 Å². The van der Waals surface area contributed by atoms with Crippen LogP contribution >= 0.6 is 0 Å². The zero-order valence-corrected chi connectivity index (χ0v) is 10.7. The van der Waals surface area contributed by atoms with Gasteiger partial charge in [-0.2, -0.15) is 0 Å². The smallest absolute Gasteiger partial charge is 0.127 e. The van der Waals surface area contributed by atoms with Gasteiger partial charge in [0.05, 0.1) is 6.61 Å². The van der Waals surface area contributed by atoms with Crippen LogP contribution < -0.4 is 15.2 Å². The van der Waals surface area contributed by atoms with Gasteiger partial charge in [-0.1, -0.05) is 19.6 Å². The Balaban J connectivity index is 2.78. The van der Waals surface area contributed by atoms with Crippen LogP contribution in [0.15, 0.2) is 30.4 Å². The highest BCUT2D eigenvalue weighted by Crippen LogP contribution is 2.25. The van der Waals surface area contributed by atoms with Gasteiger partial charge in [0.15, 0.2) is 0 Å². The summed E-state index contributed by atoms with van der Waals surface area (Å²) in [6.07, 6.45) is 0.987. The van der Waals surface area contributed by atoms with Gasteiger partial charge in [0.2, 0.25) is 0 Å². The van der Waals surface area contributed by atoms with Crippen LogP contribution in [0.3, 0.4) is 0 Å². The van der Waals surface area contributed by atoms with Gasteiger partial charge in [0, 0.05) is 18.2 Å². The summed E-state index contributed by atoms with van der Waals surface area (Å²) < 4.78 is 11.2. The van der Waals surface area contributed by atoms with Crippen LogP contribution in [0, 0.1) is 0 Å². The molecule has 0 radical (unpaired) electrons. The lowest BCUT2D eigenvalue weighted by atomic mass is 10.2. The summed E-state index contributed by atoms with van der Waals surface area (Å²) in [7, 11) is 0. The summed E-state index contributed by atoms with van der Waals surface area (Å²) >= 11 is 0. The number of rotatable bonds is 7. The fourth-order valence-electron chi connectivity index (χ4n) is 1.35. The van der Waals surface area contributed by atoms with Crippen molar-refractivity contribution in [2.24, 2.45) is 5.73 Å². The molecule has 0 saturated heterocycles. The second kappa shape index (κ2) is 6.97. The molecule has 0 aliphatic carbocycles. The molecule has 0 unspecified atom stereocenters. The minimum absolute atomic E-state index is 0.458. The lowest BCUT2D eigenvalue weighted by Crippen LogP contribution is -2.05. The molecule has 3 nitrogen and oxygen atoms in total. The van der Waals surface area contributed by atoms with E-state index in [4.69, 9.17) is 15.2 Å². The van der Waals surface area contributed by atoms with Crippen LogP contribution in [-0.2, 0) is 6.54 Å². The molecular weight excluding hydrogens is 214 g/mol. The second-order valence-electron chi connectivity index (χ2n) is 4.07. The molecule has 0 bridgehead atoms. The second-order valence-corrected chi connectivity index (χ2v) is 4.07. The Bertz CT molecular complexity index is 374. The van der Waals surface area contributed by atoms with E-state index in [-0.39, 0.29) is 0 Å². The van der Waals surface area contributed by atoms with Gasteiger partial charge in [0.1, 0.15) is 18.1 Å². The minimum atomic E-state index is 0.458. The molecule has 0 amide bonds. The first-order valence-corrected chi connectivity index (χ1v) is 5.90. The summed E-state index contributed by atoms with van der Waals surface area (Å²) in [5.74, 6) is 1.60. The number of ether oxygens (including phenoxy) is 2. The maximum Gasteiger partial charge on any atom is 0.127 e.